The van der Waals surface area contributed by atoms with Crippen LogP contribution in [-0.2, 0) is 10.2 Å². The summed E-state index contributed by atoms with van der Waals surface area (Å²) in [4.78, 5) is 4.43. The lowest BCUT2D eigenvalue weighted by Gasteiger charge is -2.42. The molecule has 1 aromatic rings. The molecule has 0 radical (unpaired) electrons. The summed E-state index contributed by atoms with van der Waals surface area (Å²) in [5.74, 6) is 0.921. The number of benzene rings is 1. The molecule has 2 fully saturated rings. The number of aliphatic imine (C=N–C) groups is 1. The minimum Gasteiger partial charge on any atom is -0.385 e. The normalized spacial score (nSPS) is 20.7. The number of hydrogen-bond acceptors (Lipinski definition) is 2. The molecule has 25 heavy (non-hydrogen) atoms. The Morgan fingerprint density at radius 2 is 1.96 bits per heavy atom. The van der Waals surface area contributed by atoms with Gasteiger partial charge in [0.05, 0.1) is 0 Å². The average molecular weight is 408 g/mol. The van der Waals surface area contributed by atoms with Crippen LogP contribution in [0.2, 0.25) is 0 Å². The highest BCUT2D eigenvalue weighted by Gasteiger charge is 2.44. The van der Waals surface area contributed by atoms with Gasteiger partial charge in [-0.15, -0.1) is 0 Å². The van der Waals surface area contributed by atoms with Crippen LogP contribution < -0.4 is 10.6 Å². The zero-order valence-electron chi connectivity index (χ0n) is 15.4. The highest BCUT2D eigenvalue weighted by atomic mass is 79.9. The summed E-state index contributed by atoms with van der Waals surface area (Å²) in [6.45, 7) is 2.77. The minimum atomic E-state index is 0.269. The maximum absolute atomic E-state index is 5.29. The third-order valence-electron chi connectivity index (χ3n) is 5.99. The van der Waals surface area contributed by atoms with Gasteiger partial charge in [-0.05, 0) is 55.2 Å². The van der Waals surface area contributed by atoms with Crippen molar-refractivity contribution < 1.29 is 4.74 Å². The van der Waals surface area contributed by atoms with Crippen molar-refractivity contribution in [1.29, 1.82) is 0 Å². The summed E-state index contributed by atoms with van der Waals surface area (Å²) < 4.78 is 6.44. The number of rotatable bonds is 8. The Bertz CT molecular complexity index is 609. The van der Waals surface area contributed by atoms with E-state index < -0.39 is 0 Å². The van der Waals surface area contributed by atoms with Crippen LogP contribution >= 0.6 is 15.9 Å². The fraction of sp³-hybridized carbons (Fsp3) is 0.650. The summed E-state index contributed by atoms with van der Waals surface area (Å²) in [6.07, 6.45) is 7.54. The molecule has 5 heteroatoms. The second-order valence-corrected chi connectivity index (χ2v) is 8.58. The number of ether oxygens (including phenoxy) is 1. The van der Waals surface area contributed by atoms with Crippen molar-refractivity contribution in [1.82, 2.24) is 10.6 Å². The number of methoxy groups -OCH3 is 1. The Labute approximate surface area is 160 Å². The van der Waals surface area contributed by atoms with E-state index in [1.807, 2.05) is 7.05 Å². The molecule has 0 aliphatic heterocycles. The summed E-state index contributed by atoms with van der Waals surface area (Å²) in [5.41, 5.74) is 2.08. The first kappa shape index (κ1) is 18.7. The van der Waals surface area contributed by atoms with Crippen molar-refractivity contribution >= 4 is 21.9 Å². The van der Waals surface area contributed by atoms with Gasteiger partial charge in [0.2, 0.25) is 0 Å². The molecule has 0 bridgehead atoms. The van der Waals surface area contributed by atoms with E-state index in [1.54, 1.807) is 7.11 Å². The van der Waals surface area contributed by atoms with Gasteiger partial charge in [0.25, 0.3) is 0 Å². The van der Waals surface area contributed by atoms with Crippen molar-refractivity contribution in [2.45, 2.75) is 43.9 Å². The molecule has 0 heterocycles. The molecule has 2 N–H and O–H groups in total. The van der Waals surface area contributed by atoms with Gasteiger partial charge in [-0.25, -0.2) is 0 Å². The smallest absolute Gasteiger partial charge is 0.191 e. The molecule has 0 saturated heterocycles. The molecular weight excluding hydrogens is 378 g/mol. The molecule has 4 nitrogen and oxygen atoms in total. The molecule has 0 atom stereocenters. The van der Waals surface area contributed by atoms with E-state index >= 15 is 0 Å². The van der Waals surface area contributed by atoms with E-state index in [1.165, 1.54) is 37.7 Å². The van der Waals surface area contributed by atoms with Crippen LogP contribution in [0.4, 0.5) is 0 Å². The maximum Gasteiger partial charge on any atom is 0.191 e. The molecule has 138 valence electrons. The lowest BCUT2D eigenvalue weighted by molar-refractivity contribution is 0.0732. The van der Waals surface area contributed by atoms with Crippen molar-refractivity contribution in [3.8, 4) is 0 Å². The van der Waals surface area contributed by atoms with Crippen molar-refractivity contribution in [2.75, 3.05) is 33.9 Å². The van der Waals surface area contributed by atoms with Gasteiger partial charge in [0, 0.05) is 43.7 Å². The van der Waals surface area contributed by atoms with Crippen LogP contribution in [0.5, 0.6) is 0 Å². The molecule has 0 aromatic heterocycles. The van der Waals surface area contributed by atoms with Crippen LogP contribution in [0.15, 0.2) is 33.7 Å². The van der Waals surface area contributed by atoms with Gasteiger partial charge in [0.15, 0.2) is 5.96 Å². The molecule has 2 saturated carbocycles. The fourth-order valence-corrected chi connectivity index (χ4v) is 4.19. The standard InChI is InChI=1S/C20H30BrN3O/c1-22-18(23-14-19(7-4-8-19)11-12-25-2)24-15-20(9-10-20)16-5-3-6-17(21)13-16/h3,5-6,13H,4,7-12,14-15H2,1-2H3,(H2,22,23,24). The third-order valence-corrected chi connectivity index (χ3v) is 6.48. The van der Waals surface area contributed by atoms with Gasteiger partial charge in [-0.1, -0.05) is 34.5 Å². The molecule has 1 aromatic carbocycles. The predicted octanol–water partition coefficient (Wildman–Crippen LogP) is 3.85. The number of guanidine groups is 1. The van der Waals surface area contributed by atoms with E-state index in [0.29, 0.717) is 5.41 Å². The second-order valence-electron chi connectivity index (χ2n) is 7.67. The summed E-state index contributed by atoms with van der Waals surface area (Å²) in [7, 11) is 3.65. The van der Waals surface area contributed by atoms with Gasteiger partial charge in [0.1, 0.15) is 0 Å². The van der Waals surface area contributed by atoms with Crippen LogP contribution in [0.25, 0.3) is 0 Å². The zero-order chi connectivity index (χ0) is 17.8. The van der Waals surface area contributed by atoms with Crippen molar-refractivity contribution in [2.24, 2.45) is 10.4 Å². The van der Waals surface area contributed by atoms with E-state index in [9.17, 15) is 0 Å². The maximum atomic E-state index is 5.29. The van der Waals surface area contributed by atoms with Crippen molar-refractivity contribution in [3.63, 3.8) is 0 Å². The van der Waals surface area contributed by atoms with E-state index in [2.05, 4.69) is 55.8 Å². The van der Waals surface area contributed by atoms with Crippen LogP contribution in [0.1, 0.15) is 44.1 Å². The van der Waals surface area contributed by atoms with E-state index in [4.69, 9.17) is 4.74 Å². The molecule has 0 spiro atoms. The Hall–Kier alpha value is -1.07. The predicted molar refractivity (Wildman–Crippen MR) is 107 cm³/mol. The molecule has 0 amide bonds. The number of nitrogens with zero attached hydrogens (tertiary/aromatic N) is 1. The van der Waals surface area contributed by atoms with Gasteiger partial charge in [-0.2, -0.15) is 0 Å². The first-order valence-electron chi connectivity index (χ1n) is 9.31. The molecule has 3 rings (SSSR count). The Morgan fingerprint density at radius 3 is 2.52 bits per heavy atom. The van der Waals surface area contributed by atoms with Crippen LogP contribution in [0.3, 0.4) is 0 Å². The Kier molecular flexibility index (Phi) is 6.05. The molecule has 2 aliphatic carbocycles. The number of halogens is 1. The second kappa shape index (κ2) is 8.09. The molecule has 0 unspecified atom stereocenters. The van der Waals surface area contributed by atoms with Gasteiger partial charge in [-0.3, -0.25) is 4.99 Å². The summed E-state index contributed by atoms with van der Waals surface area (Å²) in [5, 5.41) is 7.12. The minimum absolute atomic E-state index is 0.269. The highest BCUT2D eigenvalue weighted by Crippen LogP contribution is 2.48. The number of nitrogens with one attached hydrogen (secondary N) is 2. The van der Waals surface area contributed by atoms with E-state index in [-0.39, 0.29) is 5.41 Å². The van der Waals surface area contributed by atoms with E-state index in [0.717, 1.165) is 36.5 Å². The monoisotopic (exact) mass is 407 g/mol. The lowest BCUT2D eigenvalue weighted by atomic mass is 9.67. The number of hydrogen-bond donors (Lipinski definition) is 2. The van der Waals surface area contributed by atoms with Gasteiger partial charge < -0.3 is 15.4 Å². The quantitative estimate of drug-likeness (QED) is 0.507. The first-order chi connectivity index (χ1) is 12.1. The Balaban J connectivity index is 1.51. The topological polar surface area (TPSA) is 45.7 Å². The third kappa shape index (κ3) is 4.56. The average Bonchev–Trinajstić information content (AvgIpc) is 3.37. The molecule has 2 aliphatic rings. The summed E-state index contributed by atoms with van der Waals surface area (Å²) in [6, 6.07) is 8.71. The first-order valence-corrected chi connectivity index (χ1v) is 10.1. The fourth-order valence-electron chi connectivity index (χ4n) is 3.79. The Morgan fingerprint density at radius 1 is 1.20 bits per heavy atom. The van der Waals surface area contributed by atoms with Crippen LogP contribution in [-0.4, -0.2) is 39.8 Å². The largest absolute Gasteiger partial charge is 0.385 e. The van der Waals surface area contributed by atoms with Crippen LogP contribution in [0, 0.1) is 5.41 Å². The molecular formula is C20H30BrN3O. The highest BCUT2D eigenvalue weighted by molar-refractivity contribution is 9.10. The summed E-state index contributed by atoms with van der Waals surface area (Å²) >= 11 is 3.59. The SMILES string of the molecule is CN=C(NCC1(CCOC)CCC1)NCC1(c2cccc(Br)c2)CC1. The van der Waals surface area contributed by atoms with Crippen molar-refractivity contribution in [3.05, 3.63) is 34.3 Å². The van der Waals surface area contributed by atoms with Gasteiger partial charge >= 0.3 is 0 Å². The zero-order valence-corrected chi connectivity index (χ0v) is 17.0. The lowest BCUT2D eigenvalue weighted by Crippen LogP contribution is -2.48.